The fourth-order valence-corrected chi connectivity index (χ4v) is 4.08. The van der Waals surface area contributed by atoms with Gasteiger partial charge in [-0.05, 0) is 73.9 Å². The molecule has 0 bridgehead atoms. The monoisotopic (exact) mass is 454 g/mol. The molecule has 3 aromatic rings. The maximum absolute atomic E-state index is 13.3. The quantitative estimate of drug-likeness (QED) is 0.629. The van der Waals surface area contributed by atoms with E-state index in [1.807, 2.05) is 88.4 Å². The van der Waals surface area contributed by atoms with Crippen LogP contribution in [0.3, 0.4) is 0 Å². The van der Waals surface area contributed by atoms with Gasteiger partial charge in [0.05, 0.1) is 5.35 Å². The highest BCUT2D eigenvalue weighted by atomic mass is 16.7. The summed E-state index contributed by atoms with van der Waals surface area (Å²) in [6.07, 6.45) is 3.52. The van der Waals surface area contributed by atoms with Crippen molar-refractivity contribution in [2.75, 3.05) is 5.32 Å². The normalized spacial score (nSPS) is 16.4. The molecule has 0 amide bonds. The molecular weight excluding hydrogens is 424 g/mol. The predicted molar refractivity (Wildman–Crippen MR) is 140 cm³/mol. The molecule has 0 saturated carbocycles. The average Bonchev–Trinajstić information content (AvgIpc) is 3.27. The Hall–Kier alpha value is -3.90. The number of hydrogen-bond acceptors (Lipinski definition) is 5. The number of nitrogens with zero attached hydrogens (tertiary/aromatic N) is 2. The molecule has 0 spiro atoms. The zero-order chi connectivity index (χ0) is 24.4. The Bertz CT molecular complexity index is 1480. The molecule has 1 aliphatic rings. The number of benzene rings is 2. The largest absolute Gasteiger partial charge is 0.325 e. The van der Waals surface area contributed by atoms with Crippen LogP contribution in [0, 0.1) is 13.8 Å². The van der Waals surface area contributed by atoms with Crippen molar-refractivity contribution in [3.05, 3.63) is 98.3 Å². The van der Waals surface area contributed by atoms with Gasteiger partial charge in [-0.2, -0.15) is 0 Å². The third-order valence-corrected chi connectivity index (χ3v) is 5.94. The molecule has 34 heavy (non-hydrogen) atoms. The fourth-order valence-electron chi connectivity index (χ4n) is 4.08. The standard InChI is InChI=1S/C28H30N4O2/c1-7-20-15-24(27(33)32(6)25(20)14-17(2)3)23-16-21(13-12-19(23)5)29-28-30-26(34-31-28)22-11-9-8-10-18(22)4/h7-16,26H,2H2,1,3-6H3,(H2,29,30,31)/b20-7-,25-14+. The average molecular weight is 455 g/mol. The van der Waals surface area contributed by atoms with Gasteiger partial charge in [-0.1, -0.05) is 48.6 Å². The van der Waals surface area contributed by atoms with E-state index in [1.54, 1.807) is 11.6 Å². The molecule has 1 aromatic heterocycles. The number of aliphatic imine (C=N–C) groups is 1. The number of rotatable bonds is 4. The first-order chi connectivity index (χ1) is 16.3. The lowest BCUT2D eigenvalue weighted by Crippen LogP contribution is -2.42. The number of nitrogens with one attached hydrogen (secondary N) is 2. The minimum absolute atomic E-state index is 0.0577. The summed E-state index contributed by atoms with van der Waals surface area (Å²) in [5, 5.41) is 5.10. The molecule has 174 valence electrons. The van der Waals surface area contributed by atoms with Gasteiger partial charge in [-0.15, -0.1) is 0 Å². The van der Waals surface area contributed by atoms with E-state index in [4.69, 9.17) is 4.84 Å². The Morgan fingerprint density at radius 1 is 1.15 bits per heavy atom. The van der Waals surface area contributed by atoms with Gasteiger partial charge >= 0.3 is 0 Å². The minimum Gasteiger partial charge on any atom is -0.325 e. The first-order valence-corrected chi connectivity index (χ1v) is 11.2. The first kappa shape index (κ1) is 23.3. The summed E-state index contributed by atoms with van der Waals surface area (Å²) in [4.78, 5) is 23.6. The van der Waals surface area contributed by atoms with Crippen LogP contribution in [0.5, 0.6) is 0 Å². The van der Waals surface area contributed by atoms with E-state index < -0.39 is 6.23 Å². The molecule has 2 N–H and O–H groups in total. The Balaban J connectivity index is 1.71. The van der Waals surface area contributed by atoms with Crippen molar-refractivity contribution < 1.29 is 4.84 Å². The van der Waals surface area contributed by atoms with Gasteiger partial charge in [0.25, 0.3) is 5.56 Å². The number of allylic oxidation sites excluding steroid dienone is 1. The molecule has 6 nitrogen and oxygen atoms in total. The highest BCUT2D eigenvalue weighted by Gasteiger charge is 2.21. The van der Waals surface area contributed by atoms with E-state index in [0.29, 0.717) is 11.5 Å². The van der Waals surface area contributed by atoms with Crippen LogP contribution in [0.25, 0.3) is 23.3 Å². The topological polar surface area (TPSA) is 67.7 Å². The van der Waals surface area contributed by atoms with Crippen LogP contribution in [-0.2, 0) is 11.9 Å². The lowest BCUT2D eigenvalue weighted by molar-refractivity contribution is 0.0371. The summed E-state index contributed by atoms with van der Waals surface area (Å²) >= 11 is 0. The fraction of sp³-hybridized carbons (Fsp3) is 0.214. The molecule has 1 atom stereocenters. The summed E-state index contributed by atoms with van der Waals surface area (Å²) < 4.78 is 1.68. The van der Waals surface area contributed by atoms with Crippen molar-refractivity contribution in [3.63, 3.8) is 0 Å². The number of aromatic nitrogens is 1. The van der Waals surface area contributed by atoms with Crippen molar-refractivity contribution >= 4 is 23.8 Å². The van der Waals surface area contributed by atoms with Gasteiger partial charge < -0.3 is 9.88 Å². The second kappa shape index (κ2) is 9.53. The lowest BCUT2D eigenvalue weighted by atomic mass is 10.00. The molecule has 4 rings (SSSR count). The van der Waals surface area contributed by atoms with Crippen molar-refractivity contribution in [2.45, 2.75) is 33.9 Å². The predicted octanol–water partition coefficient (Wildman–Crippen LogP) is 3.83. The number of aryl methyl sites for hydroxylation is 2. The maximum atomic E-state index is 13.3. The summed E-state index contributed by atoms with van der Waals surface area (Å²) in [5.74, 6) is 0.518. The van der Waals surface area contributed by atoms with Gasteiger partial charge in [0.1, 0.15) is 0 Å². The van der Waals surface area contributed by atoms with Gasteiger partial charge in [-0.3, -0.25) is 4.79 Å². The van der Waals surface area contributed by atoms with Gasteiger partial charge in [0.15, 0.2) is 0 Å². The molecule has 2 heterocycles. The molecule has 0 saturated heterocycles. The number of guanidine groups is 1. The molecule has 1 unspecified atom stereocenters. The second-order valence-corrected chi connectivity index (χ2v) is 8.60. The van der Waals surface area contributed by atoms with E-state index in [9.17, 15) is 4.79 Å². The highest BCUT2D eigenvalue weighted by Crippen LogP contribution is 2.26. The summed E-state index contributed by atoms with van der Waals surface area (Å²) in [6, 6.07) is 15.9. The molecule has 0 radical (unpaired) electrons. The zero-order valence-corrected chi connectivity index (χ0v) is 20.3. The van der Waals surface area contributed by atoms with Gasteiger partial charge in [0.2, 0.25) is 12.2 Å². The van der Waals surface area contributed by atoms with Crippen molar-refractivity contribution in [1.29, 1.82) is 0 Å². The van der Waals surface area contributed by atoms with E-state index in [0.717, 1.165) is 44.1 Å². The Morgan fingerprint density at radius 3 is 2.62 bits per heavy atom. The molecule has 6 heteroatoms. The van der Waals surface area contributed by atoms with Crippen molar-refractivity contribution in [1.82, 2.24) is 10.0 Å². The first-order valence-electron chi connectivity index (χ1n) is 11.2. The Labute approximate surface area is 199 Å². The van der Waals surface area contributed by atoms with Crippen LogP contribution in [0.1, 0.15) is 36.8 Å². The summed E-state index contributed by atoms with van der Waals surface area (Å²) in [5.41, 5.74) is 9.16. The Morgan fingerprint density at radius 2 is 1.91 bits per heavy atom. The number of hydrogen-bond donors (Lipinski definition) is 2. The molecular formula is C28H30N4O2. The second-order valence-electron chi connectivity index (χ2n) is 8.60. The van der Waals surface area contributed by atoms with E-state index >= 15 is 0 Å². The van der Waals surface area contributed by atoms with Crippen molar-refractivity contribution in [3.8, 4) is 11.1 Å². The third-order valence-electron chi connectivity index (χ3n) is 5.94. The number of pyridine rings is 1. The van der Waals surface area contributed by atoms with E-state index in [2.05, 4.69) is 22.4 Å². The number of hydroxylamine groups is 1. The van der Waals surface area contributed by atoms with Crippen LogP contribution < -0.4 is 26.9 Å². The molecule has 2 aromatic carbocycles. The SMILES string of the molecule is C=C(C)/C=c1\c(=C/C)cc(-c2cc(NC3=NC(c4ccccc4C)ON3)ccc2C)c(=O)n1C. The lowest BCUT2D eigenvalue weighted by Gasteiger charge is -2.12. The smallest absolute Gasteiger partial charge is 0.258 e. The summed E-state index contributed by atoms with van der Waals surface area (Å²) in [7, 11) is 1.80. The zero-order valence-electron chi connectivity index (χ0n) is 20.3. The highest BCUT2D eigenvalue weighted by molar-refractivity contribution is 5.94. The minimum atomic E-state index is -0.416. The van der Waals surface area contributed by atoms with Crippen LogP contribution in [0.15, 0.2) is 70.5 Å². The van der Waals surface area contributed by atoms with Crippen LogP contribution >= 0.6 is 0 Å². The Kier molecular flexibility index (Phi) is 6.52. The van der Waals surface area contributed by atoms with Crippen LogP contribution in [0.4, 0.5) is 5.69 Å². The van der Waals surface area contributed by atoms with Crippen molar-refractivity contribution in [2.24, 2.45) is 12.0 Å². The van der Waals surface area contributed by atoms with Gasteiger partial charge in [0, 0.05) is 23.9 Å². The third kappa shape index (κ3) is 4.58. The molecule has 0 aliphatic carbocycles. The van der Waals surface area contributed by atoms with Crippen LogP contribution in [0.2, 0.25) is 0 Å². The molecule has 0 fully saturated rings. The van der Waals surface area contributed by atoms with Crippen LogP contribution in [-0.4, -0.2) is 10.5 Å². The van der Waals surface area contributed by atoms with Gasteiger partial charge in [-0.25, -0.2) is 15.3 Å². The van der Waals surface area contributed by atoms with E-state index in [-0.39, 0.29) is 5.56 Å². The maximum Gasteiger partial charge on any atom is 0.258 e. The summed E-state index contributed by atoms with van der Waals surface area (Å²) in [6.45, 7) is 11.9. The van der Waals surface area contributed by atoms with E-state index in [1.165, 1.54) is 0 Å². The number of anilines is 1. The molecule has 1 aliphatic heterocycles.